The number of benzene rings is 1. The predicted octanol–water partition coefficient (Wildman–Crippen LogP) is 2.47. The zero-order valence-corrected chi connectivity index (χ0v) is 13.4. The molecule has 1 saturated carbocycles. The van der Waals surface area contributed by atoms with Crippen LogP contribution in [-0.2, 0) is 10.0 Å². The summed E-state index contributed by atoms with van der Waals surface area (Å²) in [5.74, 6) is 0.702. The van der Waals surface area contributed by atoms with E-state index in [2.05, 4.69) is 11.6 Å². The van der Waals surface area contributed by atoms with Crippen molar-refractivity contribution in [1.29, 1.82) is 0 Å². The first-order valence-corrected chi connectivity index (χ1v) is 9.48. The SMILES string of the molecule is CC1(CNS(=O)(=O)CCSc2ccc(N)cc2)CCC1. The quantitative estimate of drug-likeness (QED) is 0.599. The number of rotatable bonds is 7. The van der Waals surface area contributed by atoms with Crippen LogP contribution in [0.4, 0.5) is 5.69 Å². The number of sulfonamides is 1. The molecule has 1 fully saturated rings. The van der Waals surface area contributed by atoms with Gasteiger partial charge in [-0.15, -0.1) is 11.8 Å². The van der Waals surface area contributed by atoms with Crippen molar-refractivity contribution < 1.29 is 8.42 Å². The van der Waals surface area contributed by atoms with Crippen molar-refractivity contribution in [1.82, 2.24) is 4.72 Å². The van der Waals surface area contributed by atoms with E-state index in [9.17, 15) is 8.42 Å². The van der Waals surface area contributed by atoms with Gasteiger partial charge in [0.15, 0.2) is 0 Å². The van der Waals surface area contributed by atoms with Crippen LogP contribution in [0, 0.1) is 5.41 Å². The molecule has 0 atom stereocenters. The molecule has 1 aromatic rings. The van der Waals surface area contributed by atoms with Gasteiger partial charge >= 0.3 is 0 Å². The summed E-state index contributed by atoms with van der Waals surface area (Å²) < 4.78 is 26.6. The van der Waals surface area contributed by atoms with Crippen LogP contribution in [0.15, 0.2) is 29.2 Å². The van der Waals surface area contributed by atoms with Gasteiger partial charge in [-0.05, 0) is 42.5 Å². The summed E-state index contributed by atoms with van der Waals surface area (Å²) in [6, 6.07) is 7.48. The first-order valence-electron chi connectivity index (χ1n) is 6.84. The second-order valence-electron chi connectivity index (χ2n) is 5.72. The van der Waals surface area contributed by atoms with Gasteiger partial charge in [0.25, 0.3) is 0 Å². The minimum atomic E-state index is -3.16. The molecule has 2 rings (SSSR count). The van der Waals surface area contributed by atoms with Crippen molar-refractivity contribution in [3.8, 4) is 0 Å². The Bertz CT molecular complexity index is 537. The molecule has 6 heteroatoms. The molecule has 0 radical (unpaired) electrons. The monoisotopic (exact) mass is 314 g/mol. The van der Waals surface area contributed by atoms with Crippen molar-refractivity contribution in [2.24, 2.45) is 5.41 Å². The summed E-state index contributed by atoms with van der Waals surface area (Å²) in [5.41, 5.74) is 6.51. The number of hydrogen-bond donors (Lipinski definition) is 2. The molecule has 20 heavy (non-hydrogen) atoms. The normalized spacial score (nSPS) is 17.6. The van der Waals surface area contributed by atoms with Crippen LogP contribution in [0.5, 0.6) is 0 Å². The average molecular weight is 314 g/mol. The molecular formula is C14H22N2O2S2. The lowest BCUT2D eigenvalue weighted by Gasteiger charge is -2.38. The molecule has 0 spiro atoms. The summed E-state index contributed by atoms with van der Waals surface area (Å²) in [6.07, 6.45) is 3.45. The van der Waals surface area contributed by atoms with Crippen molar-refractivity contribution in [3.63, 3.8) is 0 Å². The molecule has 1 aliphatic carbocycles. The Morgan fingerprint density at radius 1 is 1.30 bits per heavy atom. The van der Waals surface area contributed by atoms with E-state index in [1.165, 1.54) is 18.2 Å². The van der Waals surface area contributed by atoms with Crippen LogP contribution >= 0.6 is 11.8 Å². The molecule has 1 aromatic carbocycles. The number of nitrogens with two attached hydrogens (primary N) is 1. The summed E-state index contributed by atoms with van der Waals surface area (Å²) in [4.78, 5) is 1.04. The summed E-state index contributed by atoms with van der Waals surface area (Å²) in [5, 5.41) is 0. The fourth-order valence-electron chi connectivity index (χ4n) is 2.15. The van der Waals surface area contributed by atoms with E-state index in [0.717, 1.165) is 23.4 Å². The van der Waals surface area contributed by atoms with Crippen LogP contribution in [0.1, 0.15) is 26.2 Å². The van der Waals surface area contributed by atoms with Crippen molar-refractivity contribution in [2.75, 3.05) is 23.8 Å². The third-order valence-corrected chi connectivity index (χ3v) is 6.38. The molecule has 112 valence electrons. The summed E-state index contributed by atoms with van der Waals surface area (Å²) >= 11 is 1.53. The van der Waals surface area contributed by atoms with Crippen LogP contribution in [0.3, 0.4) is 0 Å². The highest BCUT2D eigenvalue weighted by Crippen LogP contribution is 2.39. The molecule has 0 heterocycles. The third kappa shape index (κ3) is 4.68. The molecule has 0 unspecified atom stereocenters. The number of hydrogen-bond acceptors (Lipinski definition) is 4. The first-order chi connectivity index (χ1) is 9.39. The van der Waals surface area contributed by atoms with E-state index >= 15 is 0 Å². The molecule has 0 bridgehead atoms. The molecule has 0 aliphatic heterocycles. The second kappa shape index (κ2) is 6.37. The largest absolute Gasteiger partial charge is 0.399 e. The van der Waals surface area contributed by atoms with Crippen molar-refractivity contribution in [3.05, 3.63) is 24.3 Å². The zero-order valence-electron chi connectivity index (χ0n) is 11.8. The van der Waals surface area contributed by atoms with Crippen LogP contribution in [-0.4, -0.2) is 26.5 Å². The Morgan fingerprint density at radius 3 is 2.50 bits per heavy atom. The fraction of sp³-hybridized carbons (Fsp3) is 0.571. The molecular weight excluding hydrogens is 292 g/mol. The Balaban J connectivity index is 1.73. The topological polar surface area (TPSA) is 72.2 Å². The van der Waals surface area contributed by atoms with E-state index in [0.29, 0.717) is 12.3 Å². The Labute approximate surface area is 125 Å². The van der Waals surface area contributed by atoms with Crippen LogP contribution in [0.25, 0.3) is 0 Å². The summed E-state index contributed by atoms with van der Waals surface area (Å²) in [7, 11) is -3.16. The highest BCUT2D eigenvalue weighted by Gasteiger charge is 2.32. The van der Waals surface area contributed by atoms with Crippen molar-refractivity contribution >= 4 is 27.5 Å². The molecule has 4 nitrogen and oxygen atoms in total. The van der Waals surface area contributed by atoms with Crippen molar-refractivity contribution in [2.45, 2.75) is 31.1 Å². The lowest BCUT2D eigenvalue weighted by Crippen LogP contribution is -2.40. The Kier molecular flexibility index (Phi) is 4.99. The van der Waals surface area contributed by atoms with Gasteiger partial charge in [-0.1, -0.05) is 13.3 Å². The minimum Gasteiger partial charge on any atom is -0.399 e. The first kappa shape index (κ1) is 15.7. The maximum atomic E-state index is 11.9. The van der Waals surface area contributed by atoms with E-state index in [4.69, 9.17) is 5.73 Å². The van der Waals surface area contributed by atoms with Gasteiger partial charge in [-0.3, -0.25) is 0 Å². The zero-order chi connectivity index (χ0) is 14.6. The van der Waals surface area contributed by atoms with Gasteiger partial charge in [0.1, 0.15) is 0 Å². The molecule has 0 saturated heterocycles. The van der Waals surface area contributed by atoms with Gasteiger partial charge in [-0.25, -0.2) is 13.1 Å². The smallest absolute Gasteiger partial charge is 0.212 e. The number of nitrogens with one attached hydrogen (secondary N) is 1. The molecule has 1 aliphatic rings. The highest BCUT2D eigenvalue weighted by molar-refractivity contribution is 8.00. The Morgan fingerprint density at radius 2 is 1.95 bits per heavy atom. The van der Waals surface area contributed by atoms with Gasteiger partial charge < -0.3 is 5.73 Å². The predicted molar refractivity (Wildman–Crippen MR) is 85.3 cm³/mol. The van der Waals surface area contributed by atoms with Gasteiger partial charge in [0.2, 0.25) is 10.0 Å². The van der Waals surface area contributed by atoms with E-state index in [1.807, 2.05) is 24.3 Å². The van der Waals surface area contributed by atoms with Crippen LogP contribution < -0.4 is 10.5 Å². The van der Waals surface area contributed by atoms with E-state index in [-0.39, 0.29) is 11.2 Å². The maximum Gasteiger partial charge on any atom is 0.212 e. The average Bonchev–Trinajstić information content (AvgIpc) is 2.36. The molecule has 0 aromatic heterocycles. The van der Waals surface area contributed by atoms with Gasteiger partial charge in [0, 0.05) is 22.9 Å². The molecule has 0 amide bonds. The maximum absolute atomic E-state index is 11.9. The lowest BCUT2D eigenvalue weighted by molar-refractivity contribution is 0.166. The minimum absolute atomic E-state index is 0.151. The van der Waals surface area contributed by atoms with Gasteiger partial charge in [0.05, 0.1) is 5.75 Å². The third-order valence-electron chi connectivity index (χ3n) is 3.78. The fourth-order valence-corrected chi connectivity index (χ4v) is 4.63. The Hall–Kier alpha value is -0.720. The standard InChI is InChI=1S/C14H22N2O2S2/c1-14(7-2-8-14)11-16-20(17,18)10-9-19-13-5-3-12(15)4-6-13/h3-6,16H,2,7-11,15H2,1H3. The number of thioether (sulfide) groups is 1. The van der Waals surface area contributed by atoms with E-state index < -0.39 is 10.0 Å². The highest BCUT2D eigenvalue weighted by atomic mass is 32.2. The summed E-state index contributed by atoms with van der Waals surface area (Å²) in [6.45, 7) is 2.71. The van der Waals surface area contributed by atoms with E-state index in [1.54, 1.807) is 0 Å². The number of nitrogen functional groups attached to an aromatic ring is 1. The lowest BCUT2D eigenvalue weighted by atomic mass is 9.71. The number of anilines is 1. The van der Waals surface area contributed by atoms with Crippen LogP contribution in [0.2, 0.25) is 0 Å². The molecule has 3 N–H and O–H groups in total. The van der Waals surface area contributed by atoms with Gasteiger partial charge in [-0.2, -0.15) is 0 Å². The second-order valence-corrected chi connectivity index (χ2v) is 8.82.